The van der Waals surface area contributed by atoms with E-state index in [0.717, 1.165) is 12.8 Å². The van der Waals surface area contributed by atoms with E-state index in [1.807, 2.05) is 0 Å². The Labute approximate surface area is 128 Å². The third-order valence-electron chi connectivity index (χ3n) is 4.53. The van der Waals surface area contributed by atoms with Crippen LogP contribution in [-0.2, 0) is 4.79 Å². The monoisotopic (exact) mass is 288 g/mol. The minimum atomic E-state index is -0.0401. The van der Waals surface area contributed by atoms with Gasteiger partial charge in [-0.15, -0.1) is 0 Å². The van der Waals surface area contributed by atoms with Crippen molar-refractivity contribution in [1.29, 1.82) is 0 Å². The molecule has 1 aromatic rings. The number of amides is 1. The molecule has 3 nitrogen and oxygen atoms in total. The summed E-state index contributed by atoms with van der Waals surface area (Å²) in [6.07, 6.45) is 1.93. The Bertz CT molecular complexity index is 498. The van der Waals surface area contributed by atoms with E-state index in [9.17, 15) is 4.79 Å². The summed E-state index contributed by atoms with van der Waals surface area (Å²) in [5.74, 6) is 0.702. The van der Waals surface area contributed by atoms with Gasteiger partial charge in [0.15, 0.2) is 0 Å². The standard InChI is InChI=1S/C18H28N2O/c1-6-8-16-18(21)20(14(5)12(2)3)17(19-16)15-10-7-9-13(4)11-15/h7,9-12,14,16-17,19H,6,8H2,1-5H3. The van der Waals surface area contributed by atoms with E-state index >= 15 is 0 Å². The Morgan fingerprint density at radius 1 is 1.29 bits per heavy atom. The molecule has 1 saturated heterocycles. The molecule has 0 spiro atoms. The number of aryl methyl sites for hydroxylation is 1. The van der Waals surface area contributed by atoms with E-state index in [1.54, 1.807) is 0 Å². The largest absolute Gasteiger partial charge is 0.319 e. The van der Waals surface area contributed by atoms with Gasteiger partial charge in [-0.05, 0) is 31.7 Å². The molecule has 0 aliphatic carbocycles. The van der Waals surface area contributed by atoms with E-state index in [0.29, 0.717) is 5.92 Å². The summed E-state index contributed by atoms with van der Waals surface area (Å²) in [5.41, 5.74) is 2.42. The van der Waals surface area contributed by atoms with E-state index in [4.69, 9.17) is 0 Å². The van der Waals surface area contributed by atoms with E-state index in [-0.39, 0.29) is 24.2 Å². The Hall–Kier alpha value is -1.35. The summed E-state index contributed by atoms with van der Waals surface area (Å²) in [7, 11) is 0. The molecule has 3 atom stereocenters. The molecule has 0 aromatic heterocycles. The number of carbonyl (C=O) groups is 1. The molecule has 1 aromatic carbocycles. The smallest absolute Gasteiger partial charge is 0.241 e. The van der Waals surface area contributed by atoms with Crippen molar-refractivity contribution in [3.8, 4) is 0 Å². The first-order chi connectivity index (χ1) is 9.95. The summed E-state index contributed by atoms with van der Waals surface area (Å²) in [4.78, 5) is 14.8. The molecular weight excluding hydrogens is 260 g/mol. The van der Waals surface area contributed by atoms with Gasteiger partial charge >= 0.3 is 0 Å². The molecule has 0 saturated carbocycles. The lowest BCUT2D eigenvalue weighted by atomic mass is 10.0. The highest BCUT2D eigenvalue weighted by Crippen LogP contribution is 2.31. The lowest BCUT2D eigenvalue weighted by Gasteiger charge is -2.33. The van der Waals surface area contributed by atoms with Crippen LogP contribution in [0.25, 0.3) is 0 Å². The fraction of sp³-hybridized carbons (Fsp3) is 0.611. The van der Waals surface area contributed by atoms with Crippen molar-refractivity contribution in [2.75, 3.05) is 0 Å². The van der Waals surface area contributed by atoms with Gasteiger partial charge in [-0.25, -0.2) is 0 Å². The summed E-state index contributed by atoms with van der Waals surface area (Å²) >= 11 is 0. The number of rotatable bonds is 5. The van der Waals surface area contributed by atoms with Crippen molar-refractivity contribution in [2.24, 2.45) is 5.92 Å². The van der Waals surface area contributed by atoms with Gasteiger partial charge in [0, 0.05) is 6.04 Å². The van der Waals surface area contributed by atoms with Gasteiger partial charge in [-0.3, -0.25) is 10.1 Å². The number of nitrogens with zero attached hydrogens (tertiary/aromatic N) is 1. The molecule has 116 valence electrons. The molecule has 1 N–H and O–H groups in total. The van der Waals surface area contributed by atoms with E-state index < -0.39 is 0 Å². The van der Waals surface area contributed by atoms with E-state index in [1.165, 1.54) is 11.1 Å². The normalized spacial score (nSPS) is 23.9. The van der Waals surface area contributed by atoms with Crippen LogP contribution in [0, 0.1) is 12.8 Å². The van der Waals surface area contributed by atoms with Crippen LogP contribution in [-0.4, -0.2) is 22.9 Å². The zero-order chi connectivity index (χ0) is 15.6. The highest BCUT2D eigenvalue weighted by molar-refractivity contribution is 5.84. The second kappa shape index (κ2) is 6.61. The lowest BCUT2D eigenvalue weighted by molar-refractivity contribution is -0.133. The minimum absolute atomic E-state index is 0.00588. The quantitative estimate of drug-likeness (QED) is 0.897. The Kier molecular flexibility index (Phi) is 5.04. The zero-order valence-corrected chi connectivity index (χ0v) is 13.9. The molecule has 3 unspecified atom stereocenters. The van der Waals surface area contributed by atoms with Crippen LogP contribution in [0.4, 0.5) is 0 Å². The SMILES string of the molecule is CCCC1NC(c2cccc(C)c2)N(C(C)C(C)C)C1=O. The van der Waals surface area contributed by atoms with Crippen LogP contribution in [0.1, 0.15) is 57.8 Å². The van der Waals surface area contributed by atoms with Crippen LogP contribution in [0.2, 0.25) is 0 Å². The molecule has 0 radical (unpaired) electrons. The third-order valence-corrected chi connectivity index (χ3v) is 4.53. The number of nitrogens with one attached hydrogen (secondary N) is 1. The summed E-state index contributed by atoms with van der Waals surface area (Å²) < 4.78 is 0. The molecule has 2 rings (SSSR count). The van der Waals surface area contributed by atoms with Gasteiger partial charge in [-0.1, -0.05) is 57.0 Å². The Morgan fingerprint density at radius 3 is 2.57 bits per heavy atom. The highest BCUT2D eigenvalue weighted by Gasteiger charge is 2.41. The molecule has 21 heavy (non-hydrogen) atoms. The molecule has 1 fully saturated rings. The average molecular weight is 288 g/mol. The molecule has 1 aliphatic rings. The van der Waals surface area contributed by atoms with Gasteiger partial charge in [0.2, 0.25) is 5.91 Å². The van der Waals surface area contributed by atoms with Gasteiger partial charge in [0.25, 0.3) is 0 Å². The van der Waals surface area contributed by atoms with E-state index in [2.05, 4.69) is 69.1 Å². The summed E-state index contributed by atoms with van der Waals surface area (Å²) in [6, 6.07) is 8.66. The molecule has 1 amide bonds. The number of hydrogen-bond acceptors (Lipinski definition) is 2. The lowest BCUT2D eigenvalue weighted by Crippen LogP contribution is -2.41. The number of hydrogen-bond donors (Lipinski definition) is 1. The Balaban J connectivity index is 2.34. The second-order valence-corrected chi connectivity index (χ2v) is 6.55. The van der Waals surface area contributed by atoms with Crippen LogP contribution in [0.3, 0.4) is 0 Å². The zero-order valence-electron chi connectivity index (χ0n) is 13.9. The maximum absolute atomic E-state index is 12.8. The average Bonchev–Trinajstić information content (AvgIpc) is 2.76. The van der Waals surface area contributed by atoms with Crippen LogP contribution >= 0.6 is 0 Å². The second-order valence-electron chi connectivity index (χ2n) is 6.55. The first kappa shape index (κ1) is 16.0. The summed E-state index contributed by atoms with van der Waals surface area (Å²) in [5, 5.41) is 3.55. The third kappa shape index (κ3) is 3.29. The highest BCUT2D eigenvalue weighted by atomic mass is 16.2. The minimum Gasteiger partial charge on any atom is -0.319 e. The maximum atomic E-state index is 12.8. The van der Waals surface area contributed by atoms with Gasteiger partial charge in [0.1, 0.15) is 6.17 Å². The predicted molar refractivity (Wildman–Crippen MR) is 86.9 cm³/mol. The molecular formula is C18H28N2O. The Morgan fingerprint density at radius 2 is 2.00 bits per heavy atom. The number of benzene rings is 1. The molecule has 0 bridgehead atoms. The van der Waals surface area contributed by atoms with Crippen molar-refractivity contribution >= 4 is 5.91 Å². The van der Waals surface area contributed by atoms with Gasteiger partial charge < -0.3 is 4.90 Å². The van der Waals surface area contributed by atoms with Crippen LogP contribution < -0.4 is 5.32 Å². The topological polar surface area (TPSA) is 32.3 Å². The fourth-order valence-electron chi connectivity index (χ4n) is 3.00. The van der Waals surface area contributed by atoms with Crippen LogP contribution in [0.15, 0.2) is 24.3 Å². The number of carbonyl (C=O) groups excluding carboxylic acids is 1. The predicted octanol–water partition coefficient (Wildman–Crippen LogP) is 3.64. The van der Waals surface area contributed by atoms with Crippen molar-refractivity contribution < 1.29 is 4.79 Å². The fourth-order valence-corrected chi connectivity index (χ4v) is 3.00. The van der Waals surface area contributed by atoms with Crippen molar-refractivity contribution in [2.45, 2.75) is 65.7 Å². The van der Waals surface area contributed by atoms with Gasteiger partial charge in [0.05, 0.1) is 6.04 Å². The van der Waals surface area contributed by atoms with Gasteiger partial charge in [-0.2, -0.15) is 0 Å². The molecule has 1 aliphatic heterocycles. The van der Waals surface area contributed by atoms with Crippen molar-refractivity contribution in [3.05, 3.63) is 35.4 Å². The van der Waals surface area contributed by atoms with Crippen molar-refractivity contribution in [3.63, 3.8) is 0 Å². The first-order valence-electron chi connectivity index (χ1n) is 8.10. The summed E-state index contributed by atoms with van der Waals surface area (Å²) in [6.45, 7) is 10.7. The van der Waals surface area contributed by atoms with Crippen LogP contribution in [0.5, 0.6) is 0 Å². The maximum Gasteiger partial charge on any atom is 0.241 e. The molecule has 1 heterocycles. The van der Waals surface area contributed by atoms with Crippen molar-refractivity contribution in [1.82, 2.24) is 10.2 Å². The first-order valence-corrected chi connectivity index (χ1v) is 8.10. The molecule has 3 heteroatoms.